The van der Waals surface area contributed by atoms with Crippen LogP contribution in [0.1, 0.15) is 44.9 Å². The Balaban J connectivity index is 1.54. The molecule has 3 heteroatoms. The molecule has 3 saturated carbocycles. The van der Waals surface area contributed by atoms with Gasteiger partial charge < -0.3 is 10.6 Å². The molecule has 2 unspecified atom stereocenters. The largest absolute Gasteiger partial charge is 0.343 e. The van der Waals surface area contributed by atoms with Crippen LogP contribution in [0.2, 0.25) is 0 Å². The van der Waals surface area contributed by atoms with Crippen molar-refractivity contribution < 1.29 is 4.79 Å². The average Bonchev–Trinajstić information content (AvgIpc) is 2.95. The molecular weight excluding hydrogens is 212 g/mol. The van der Waals surface area contributed by atoms with E-state index in [1.165, 1.54) is 19.3 Å². The summed E-state index contributed by atoms with van der Waals surface area (Å²) >= 11 is 0. The average molecular weight is 236 g/mol. The molecule has 0 heterocycles. The normalized spacial score (nSPS) is 44.2. The lowest BCUT2D eigenvalue weighted by Gasteiger charge is -2.35. The van der Waals surface area contributed by atoms with Gasteiger partial charge in [0, 0.05) is 25.0 Å². The van der Waals surface area contributed by atoms with Crippen LogP contribution in [0.15, 0.2) is 0 Å². The maximum Gasteiger partial charge on any atom is 0.225 e. The Morgan fingerprint density at radius 1 is 1.06 bits per heavy atom. The van der Waals surface area contributed by atoms with Crippen molar-refractivity contribution in [2.24, 2.45) is 23.5 Å². The lowest BCUT2D eigenvalue weighted by Crippen LogP contribution is -2.44. The first-order valence-corrected chi connectivity index (χ1v) is 7.17. The van der Waals surface area contributed by atoms with Gasteiger partial charge in [-0.2, -0.15) is 0 Å². The van der Waals surface area contributed by atoms with Gasteiger partial charge in [0.05, 0.1) is 0 Å². The zero-order chi connectivity index (χ0) is 12.0. The van der Waals surface area contributed by atoms with Gasteiger partial charge in [-0.3, -0.25) is 4.79 Å². The monoisotopic (exact) mass is 236 g/mol. The first kappa shape index (κ1) is 11.5. The molecule has 0 spiro atoms. The molecule has 0 bridgehead atoms. The number of rotatable bonds is 2. The van der Waals surface area contributed by atoms with Crippen LogP contribution < -0.4 is 5.73 Å². The lowest BCUT2D eigenvalue weighted by atomic mass is 9.90. The standard InChI is InChI=1S/C14H24N2O/c1-16(13-4-2-12(15)3-5-13)14(17)11-7-9-6-10(9)8-11/h9-13H,2-8,15H2,1H3. The highest BCUT2D eigenvalue weighted by molar-refractivity contribution is 5.79. The third kappa shape index (κ3) is 2.22. The highest BCUT2D eigenvalue weighted by Crippen LogP contribution is 2.54. The van der Waals surface area contributed by atoms with Crippen molar-refractivity contribution in [3.63, 3.8) is 0 Å². The molecule has 2 atom stereocenters. The minimum atomic E-state index is 0.347. The van der Waals surface area contributed by atoms with E-state index in [9.17, 15) is 4.79 Å². The van der Waals surface area contributed by atoms with E-state index in [4.69, 9.17) is 5.73 Å². The maximum absolute atomic E-state index is 12.4. The van der Waals surface area contributed by atoms with Crippen molar-refractivity contribution in [2.45, 2.75) is 57.0 Å². The number of hydrogen-bond donors (Lipinski definition) is 1. The van der Waals surface area contributed by atoms with Crippen LogP contribution in [0, 0.1) is 17.8 Å². The summed E-state index contributed by atoms with van der Waals surface area (Å²) < 4.78 is 0. The van der Waals surface area contributed by atoms with Crippen molar-refractivity contribution in [3.05, 3.63) is 0 Å². The predicted molar refractivity (Wildman–Crippen MR) is 67.3 cm³/mol. The van der Waals surface area contributed by atoms with Crippen LogP contribution in [0.5, 0.6) is 0 Å². The molecule has 17 heavy (non-hydrogen) atoms. The molecule has 0 aromatic rings. The van der Waals surface area contributed by atoms with Crippen LogP contribution in [-0.2, 0) is 4.79 Å². The van der Waals surface area contributed by atoms with E-state index in [-0.39, 0.29) is 0 Å². The van der Waals surface area contributed by atoms with Gasteiger partial charge in [-0.15, -0.1) is 0 Å². The second kappa shape index (κ2) is 4.27. The zero-order valence-corrected chi connectivity index (χ0v) is 10.8. The number of hydrogen-bond acceptors (Lipinski definition) is 2. The van der Waals surface area contributed by atoms with E-state index in [2.05, 4.69) is 0 Å². The Morgan fingerprint density at radius 2 is 1.65 bits per heavy atom. The van der Waals surface area contributed by atoms with Crippen molar-refractivity contribution in [1.29, 1.82) is 0 Å². The summed E-state index contributed by atoms with van der Waals surface area (Å²) in [4.78, 5) is 14.4. The quantitative estimate of drug-likeness (QED) is 0.794. The Labute approximate surface area is 104 Å². The number of fused-ring (bicyclic) bond motifs is 1. The number of nitrogens with two attached hydrogens (primary N) is 1. The summed E-state index contributed by atoms with van der Waals surface area (Å²) in [5.74, 6) is 2.56. The van der Waals surface area contributed by atoms with Gasteiger partial charge in [-0.05, 0) is 56.8 Å². The summed E-state index contributed by atoms with van der Waals surface area (Å²) in [6.45, 7) is 0. The second-order valence-electron chi connectivity index (χ2n) is 6.44. The van der Waals surface area contributed by atoms with Crippen LogP contribution in [0.4, 0.5) is 0 Å². The fraction of sp³-hybridized carbons (Fsp3) is 0.929. The second-order valence-corrected chi connectivity index (χ2v) is 6.44. The van der Waals surface area contributed by atoms with Gasteiger partial charge >= 0.3 is 0 Å². The van der Waals surface area contributed by atoms with E-state index in [0.717, 1.165) is 37.5 Å². The van der Waals surface area contributed by atoms with Crippen LogP contribution in [0.25, 0.3) is 0 Å². The zero-order valence-electron chi connectivity index (χ0n) is 10.8. The molecule has 0 radical (unpaired) electrons. The minimum absolute atomic E-state index is 0.347. The third-order valence-corrected chi connectivity index (χ3v) is 5.23. The smallest absolute Gasteiger partial charge is 0.225 e. The minimum Gasteiger partial charge on any atom is -0.343 e. The number of amides is 1. The molecule has 96 valence electrons. The fourth-order valence-electron chi connectivity index (χ4n) is 3.87. The first-order chi connectivity index (χ1) is 8.15. The summed E-state index contributed by atoms with van der Waals surface area (Å²) in [5.41, 5.74) is 5.92. The van der Waals surface area contributed by atoms with Gasteiger partial charge in [0.1, 0.15) is 0 Å². The van der Waals surface area contributed by atoms with Gasteiger partial charge in [-0.1, -0.05) is 0 Å². The fourth-order valence-corrected chi connectivity index (χ4v) is 3.87. The molecule has 3 aliphatic carbocycles. The Kier molecular flexibility index (Phi) is 2.89. The molecule has 0 aromatic heterocycles. The SMILES string of the molecule is CN(C(=O)C1CC2CC2C1)C1CCC(N)CC1. The van der Waals surface area contributed by atoms with Gasteiger partial charge in [0.2, 0.25) is 5.91 Å². The maximum atomic E-state index is 12.4. The summed E-state index contributed by atoms with van der Waals surface area (Å²) in [6, 6.07) is 0.827. The lowest BCUT2D eigenvalue weighted by molar-refractivity contribution is -0.137. The highest BCUT2D eigenvalue weighted by atomic mass is 16.2. The third-order valence-electron chi connectivity index (χ3n) is 5.23. The summed E-state index contributed by atoms with van der Waals surface area (Å²) in [5, 5.41) is 0. The Hall–Kier alpha value is -0.570. The van der Waals surface area contributed by atoms with Crippen molar-refractivity contribution in [2.75, 3.05) is 7.05 Å². The van der Waals surface area contributed by atoms with E-state index < -0.39 is 0 Å². The molecule has 0 aliphatic heterocycles. The Morgan fingerprint density at radius 3 is 2.24 bits per heavy atom. The van der Waals surface area contributed by atoms with Crippen molar-refractivity contribution >= 4 is 5.91 Å². The summed E-state index contributed by atoms with van der Waals surface area (Å²) in [6.07, 6.45) is 8.09. The first-order valence-electron chi connectivity index (χ1n) is 7.17. The topological polar surface area (TPSA) is 46.3 Å². The number of nitrogens with zero attached hydrogens (tertiary/aromatic N) is 1. The van der Waals surface area contributed by atoms with Crippen LogP contribution in [-0.4, -0.2) is 29.9 Å². The van der Waals surface area contributed by atoms with E-state index in [1.54, 1.807) is 0 Å². The van der Waals surface area contributed by atoms with Crippen LogP contribution >= 0.6 is 0 Å². The molecular formula is C14H24N2O. The van der Waals surface area contributed by atoms with E-state index in [0.29, 0.717) is 23.9 Å². The molecule has 3 aliphatic rings. The molecule has 3 nitrogen and oxygen atoms in total. The van der Waals surface area contributed by atoms with Crippen molar-refractivity contribution in [1.82, 2.24) is 4.90 Å². The molecule has 3 fully saturated rings. The summed E-state index contributed by atoms with van der Waals surface area (Å²) in [7, 11) is 2.01. The molecule has 3 rings (SSSR count). The van der Waals surface area contributed by atoms with E-state index in [1.807, 2.05) is 11.9 Å². The number of carbonyl (C=O) groups is 1. The molecule has 2 N–H and O–H groups in total. The van der Waals surface area contributed by atoms with Crippen molar-refractivity contribution in [3.8, 4) is 0 Å². The molecule has 0 aromatic carbocycles. The van der Waals surface area contributed by atoms with Gasteiger partial charge in [0.15, 0.2) is 0 Å². The molecule has 0 saturated heterocycles. The number of carbonyl (C=O) groups excluding carboxylic acids is 1. The Bertz CT molecular complexity index is 299. The van der Waals surface area contributed by atoms with Gasteiger partial charge in [-0.25, -0.2) is 0 Å². The highest BCUT2D eigenvalue weighted by Gasteiger charge is 2.48. The predicted octanol–water partition coefficient (Wildman–Crippen LogP) is 1.76. The van der Waals surface area contributed by atoms with Crippen LogP contribution in [0.3, 0.4) is 0 Å². The molecule has 1 amide bonds. The van der Waals surface area contributed by atoms with Gasteiger partial charge in [0.25, 0.3) is 0 Å². The van der Waals surface area contributed by atoms with E-state index >= 15 is 0 Å².